The zero-order valence-electron chi connectivity index (χ0n) is 22.3. The van der Waals surface area contributed by atoms with Crippen molar-refractivity contribution in [1.29, 1.82) is 0 Å². The summed E-state index contributed by atoms with van der Waals surface area (Å²) in [5.41, 5.74) is 2.78. The van der Waals surface area contributed by atoms with Crippen LogP contribution in [0.2, 0.25) is 0 Å². The van der Waals surface area contributed by atoms with E-state index in [1.807, 2.05) is 39.8 Å². The van der Waals surface area contributed by atoms with Gasteiger partial charge in [-0.15, -0.1) is 0 Å². The fourth-order valence-corrected chi connectivity index (χ4v) is 4.47. The third-order valence-corrected chi connectivity index (χ3v) is 6.39. The van der Waals surface area contributed by atoms with Crippen molar-refractivity contribution in [2.45, 2.75) is 65.8 Å². The van der Waals surface area contributed by atoms with Gasteiger partial charge in [0.2, 0.25) is 11.8 Å². The van der Waals surface area contributed by atoms with Crippen molar-refractivity contribution in [3.8, 4) is 5.88 Å². The lowest BCUT2D eigenvalue weighted by atomic mass is 9.75. The van der Waals surface area contributed by atoms with E-state index in [0.29, 0.717) is 54.3 Å². The van der Waals surface area contributed by atoms with Gasteiger partial charge in [0.05, 0.1) is 11.9 Å². The van der Waals surface area contributed by atoms with E-state index in [4.69, 9.17) is 4.74 Å². The number of Topliss-reactive ketones (excluding diaryl/α,β-unsaturated/α-hetero) is 1. The summed E-state index contributed by atoms with van der Waals surface area (Å²) in [4.78, 5) is 48.4. The van der Waals surface area contributed by atoms with E-state index in [2.05, 4.69) is 20.6 Å². The predicted octanol–water partition coefficient (Wildman–Crippen LogP) is 3.74. The van der Waals surface area contributed by atoms with Gasteiger partial charge in [-0.3, -0.25) is 14.4 Å². The molecule has 0 spiro atoms. The number of unbranched alkanes of at least 4 members (excludes halogenated alkanes) is 1. The van der Waals surface area contributed by atoms with Crippen LogP contribution in [-0.4, -0.2) is 65.8 Å². The van der Waals surface area contributed by atoms with Gasteiger partial charge in [0.25, 0.3) is 5.91 Å². The third kappa shape index (κ3) is 6.94. The van der Waals surface area contributed by atoms with Crippen LogP contribution in [0.15, 0.2) is 18.3 Å². The van der Waals surface area contributed by atoms with Crippen molar-refractivity contribution in [3.05, 3.63) is 40.8 Å². The smallest absolute Gasteiger partial charge is 0.268 e. The number of carbonyl (C=O) groups is 3. The van der Waals surface area contributed by atoms with Crippen molar-refractivity contribution in [1.82, 2.24) is 20.2 Å². The van der Waals surface area contributed by atoms with Gasteiger partial charge >= 0.3 is 0 Å². The maximum absolute atomic E-state index is 13.2. The number of nitrogens with one attached hydrogen (secondary N) is 3. The molecule has 0 saturated carbocycles. The number of hydrogen-bond donors (Lipinski definition) is 3. The Kier molecular flexibility index (Phi) is 8.89. The fraction of sp³-hybridized carbons (Fsp3) is 0.556. The third-order valence-electron chi connectivity index (χ3n) is 6.39. The Morgan fingerprint density at radius 2 is 2.00 bits per heavy atom. The van der Waals surface area contributed by atoms with E-state index in [9.17, 15) is 14.4 Å². The summed E-state index contributed by atoms with van der Waals surface area (Å²) in [5.74, 6) is -0.164. The largest absolute Gasteiger partial charge is 0.476 e. The SMILES string of the molecule is CCCCC(NC(=O)c1[nH]c2c(c1C)C(=O)CC(C)(C)C2)C(=O)Nc1ccc(OCCN(C)C)nc1. The molecule has 0 saturated heterocycles. The number of aromatic amines is 1. The number of anilines is 1. The number of rotatable bonds is 11. The molecule has 1 aliphatic rings. The molecule has 2 amide bonds. The number of aromatic nitrogens is 2. The van der Waals surface area contributed by atoms with Crippen LogP contribution in [0.1, 0.15) is 78.6 Å². The van der Waals surface area contributed by atoms with Crippen LogP contribution in [0.4, 0.5) is 5.69 Å². The first-order chi connectivity index (χ1) is 17.0. The summed E-state index contributed by atoms with van der Waals surface area (Å²) in [6.07, 6.45) is 4.86. The Morgan fingerprint density at radius 1 is 1.25 bits per heavy atom. The highest BCUT2D eigenvalue weighted by atomic mass is 16.5. The van der Waals surface area contributed by atoms with Crippen molar-refractivity contribution in [2.75, 3.05) is 32.6 Å². The lowest BCUT2D eigenvalue weighted by Gasteiger charge is -2.28. The molecule has 196 valence electrons. The minimum Gasteiger partial charge on any atom is -0.476 e. The Hall–Kier alpha value is -3.20. The first kappa shape index (κ1) is 27.4. The molecule has 9 heteroatoms. The minimum atomic E-state index is -0.722. The molecule has 2 heterocycles. The number of fused-ring (bicyclic) bond motifs is 1. The number of hydrogen-bond acceptors (Lipinski definition) is 6. The molecule has 3 N–H and O–H groups in total. The number of amides is 2. The van der Waals surface area contributed by atoms with Crippen molar-refractivity contribution in [3.63, 3.8) is 0 Å². The topological polar surface area (TPSA) is 116 Å². The number of pyridine rings is 1. The molecule has 3 rings (SSSR count). The van der Waals surface area contributed by atoms with Crippen LogP contribution in [0.25, 0.3) is 0 Å². The molecular formula is C27H39N5O4. The maximum Gasteiger partial charge on any atom is 0.268 e. The monoisotopic (exact) mass is 497 g/mol. The van der Waals surface area contributed by atoms with E-state index in [1.165, 1.54) is 6.20 Å². The van der Waals surface area contributed by atoms with Gasteiger partial charge in [0.15, 0.2) is 5.78 Å². The number of H-pyrrole nitrogens is 1. The van der Waals surface area contributed by atoms with Crippen molar-refractivity contribution >= 4 is 23.3 Å². The Bertz CT molecular complexity index is 1090. The molecular weight excluding hydrogens is 458 g/mol. The Balaban J connectivity index is 1.68. The van der Waals surface area contributed by atoms with Crippen LogP contribution in [0.5, 0.6) is 5.88 Å². The molecule has 0 radical (unpaired) electrons. The van der Waals surface area contributed by atoms with Crippen LogP contribution in [0.3, 0.4) is 0 Å². The molecule has 0 aromatic carbocycles. The second kappa shape index (κ2) is 11.7. The molecule has 9 nitrogen and oxygen atoms in total. The molecule has 2 aromatic heterocycles. The maximum atomic E-state index is 13.2. The highest BCUT2D eigenvalue weighted by molar-refractivity contribution is 6.06. The normalized spacial score (nSPS) is 15.4. The number of ether oxygens (including phenoxy) is 1. The highest BCUT2D eigenvalue weighted by Crippen LogP contribution is 2.36. The van der Waals surface area contributed by atoms with E-state index in [0.717, 1.165) is 25.1 Å². The Morgan fingerprint density at radius 3 is 2.64 bits per heavy atom. The molecule has 36 heavy (non-hydrogen) atoms. The van der Waals surface area contributed by atoms with Gasteiger partial charge in [0, 0.05) is 30.3 Å². The van der Waals surface area contributed by atoms with E-state index < -0.39 is 6.04 Å². The summed E-state index contributed by atoms with van der Waals surface area (Å²) in [6, 6.07) is 2.71. The molecule has 0 aliphatic heterocycles. The lowest BCUT2D eigenvalue weighted by molar-refractivity contribution is -0.118. The lowest BCUT2D eigenvalue weighted by Crippen LogP contribution is -2.44. The van der Waals surface area contributed by atoms with Crippen LogP contribution in [0, 0.1) is 12.3 Å². The number of ketones is 1. The second-order valence-corrected chi connectivity index (χ2v) is 10.6. The number of nitrogens with zero attached hydrogens (tertiary/aromatic N) is 2. The average Bonchev–Trinajstić information content (AvgIpc) is 3.12. The van der Waals surface area contributed by atoms with Gasteiger partial charge in [-0.05, 0) is 50.9 Å². The van der Waals surface area contributed by atoms with Crippen LogP contribution >= 0.6 is 0 Å². The molecule has 0 bridgehead atoms. The van der Waals surface area contributed by atoms with Crippen LogP contribution in [-0.2, 0) is 11.2 Å². The van der Waals surface area contributed by atoms with Crippen LogP contribution < -0.4 is 15.4 Å². The second-order valence-electron chi connectivity index (χ2n) is 10.6. The minimum absolute atomic E-state index is 0.0518. The molecule has 1 aliphatic carbocycles. The van der Waals surface area contributed by atoms with E-state index in [1.54, 1.807) is 19.1 Å². The fourth-order valence-electron chi connectivity index (χ4n) is 4.47. The number of carbonyl (C=O) groups excluding carboxylic acids is 3. The zero-order chi connectivity index (χ0) is 26.5. The van der Waals surface area contributed by atoms with Gasteiger partial charge in [-0.1, -0.05) is 33.6 Å². The van der Waals surface area contributed by atoms with Crippen molar-refractivity contribution < 1.29 is 19.1 Å². The van der Waals surface area contributed by atoms with Gasteiger partial charge < -0.3 is 25.3 Å². The first-order valence-electron chi connectivity index (χ1n) is 12.6. The molecule has 0 fully saturated rings. The summed E-state index contributed by atoms with van der Waals surface area (Å²) in [6.45, 7) is 9.20. The quantitative estimate of drug-likeness (QED) is 0.436. The number of likely N-dealkylation sites (N-methyl/N-ethyl adjacent to an activating group) is 1. The summed E-state index contributed by atoms with van der Waals surface area (Å²) in [7, 11) is 3.93. The van der Waals surface area contributed by atoms with Gasteiger partial charge in [0.1, 0.15) is 18.3 Å². The predicted molar refractivity (Wildman–Crippen MR) is 140 cm³/mol. The zero-order valence-corrected chi connectivity index (χ0v) is 22.3. The first-order valence-corrected chi connectivity index (χ1v) is 12.6. The Labute approximate surface area is 213 Å². The van der Waals surface area contributed by atoms with E-state index in [-0.39, 0.29) is 23.0 Å². The van der Waals surface area contributed by atoms with Gasteiger partial charge in [-0.2, -0.15) is 0 Å². The summed E-state index contributed by atoms with van der Waals surface area (Å²) in [5, 5.41) is 5.73. The standard InChI is InChI=1S/C27H39N5O4/c1-7-8-9-19(25(34)29-18-10-11-22(28-16-18)36-13-12-32(5)6)31-26(35)24-17(2)23-20(30-24)14-27(3,4)15-21(23)33/h10-11,16,19,30H,7-9,12-15H2,1-6H3,(H,29,34)(H,31,35). The highest BCUT2D eigenvalue weighted by Gasteiger charge is 2.35. The summed E-state index contributed by atoms with van der Waals surface area (Å²) < 4.78 is 5.60. The summed E-state index contributed by atoms with van der Waals surface area (Å²) >= 11 is 0. The average molecular weight is 498 g/mol. The van der Waals surface area contributed by atoms with Gasteiger partial charge in [-0.25, -0.2) is 4.98 Å². The molecule has 2 aromatic rings. The van der Waals surface area contributed by atoms with E-state index >= 15 is 0 Å². The molecule has 1 unspecified atom stereocenters. The van der Waals surface area contributed by atoms with Crippen molar-refractivity contribution in [2.24, 2.45) is 5.41 Å². The molecule has 1 atom stereocenters.